The largest absolute Gasteiger partial charge is 0.388 e. The first kappa shape index (κ1) is 9.86. The molecule has 1 N–H and O–H groups in total. The second-order valence-electron chi connectivity index (χ2n) is 2.68. The summed E-state index contributed by atoms with van der Waals surface area (Å²) in [5.41, 5.74) is -0.289. The second kappa shape index (κ2) is 4.14. The van der Waals surface area contributed by atoms with Crippen LogP contribution in [0.5, 0.6) is 0 Å². The quantitative estimate of drug-likeness (QED) is 0.716. The molecule has 0 fully saturated rings. The maximum atomic E-state index is 13.0. The second-order valence-corrected chi connectivity index (χ2v) is 2.68. The average Bonchev–Trinajstić information content (AvgIpc) is 2.04. The summed E-state index contributed by atoms with van der Waals surface area (Å²) in [6.07, 6.45) is 0.396. The van der Waals surface area contributed by atoms with E-state index in [4.69, 9.17) is 0 Å². The van der Waals surface area contributed by atoms with E-state index < -0.39 is 17.7 Å². The van der Waals surface area contributed by atoms with Gasteiger partial charge in [-0.3, -0.25) is 0 Å². The van der Waals surface area contributed by atoms with Gasteiger partial charge in [0.1, 0.15) is 11.6 Å². The Kier molecular flexibility index (Phi) is 3.14. The van der Waals surface area contributed by atoms with Gasteiger partial charge in [-0.1, -0.05) is 12.1 Å². The number of hydrogen-bond acceptors (Lipinski definition) is 1. The van der Waals surface area contributed by atoms with E-state index in [-0.39, 0.29) is 12.0 Å². The fraction of sp³-hybridized carbons (Fsp3) is 0.200. The molecule has 1 aromatic rings. The normalized spacial score (nSPS) is 12.5. The van der Waals surface area contributed by atoms with Crippen molar-refractivity contribution in [1.29, 1.82) is 0 Å². The Labute approximate surface area is 75.3 Å². The number of rotatable bonds is 3. The molecule has 0 saturated carbocycles. The third kappa shape index (κ3) is 2.12. The molecule has 0 amide bonds. The molecular formula is C10H10F2O. The third-order valence-electron chi connectivity index (χ3n) is 1.72. The smallest absolute Gasteiger partial charge is 0.131 e. The van der Waals surface area contributed by atoms with Crippen LogP contribution in [0.25, 0.3) is 0 Å². The minimum atomic E-state index is -1.15. The van der Waals surface area contributed by atoms with Crippen LogP contribution < -0.4 is 0 Å². The highest BCUT2D eigenvalue weighted by Gasteiger charge is 2.15. The van der Waals surface area contributed by atoms with Crippen LogP contribution in [0.4, 0.5) is 8.78 Å². The van der Waals surface area contributed by atoms with Gasteiger partial charge in [0.15, 0.2) is 0 Å². The van der Waals surface area contributed by atoms with Crippen molar-refractivity contribution in [2.75, 3.05) is 0 Å². The minimum Gasteiger partial charge on any atom is -0.388 e. The first-order valence-electron chi connectivity index (χ1n) is 3.89. The number of aliphatic hydroxyl groups is 1. The van der Waals surface area contributed by atoms with Crippen LogP contribution in [0.2, 0.25) is 0 Å². The molecule has 0 radical (unpaired) electrons. The van der Waals surface area contributed by atoms with Gasteiger partial charge in [-0.25, -0.2) is 8.78 Å². The van der Waals surface area contributed by atoms with Gasteiger partial charge in [0.2, 0.25) is 0 Å². The molecule has 1 atom stereocenters. The Morgan fingerprint density at radius 2 is 1.92 bits per heavy atom. The van der Waals surface area contributed by atoms with E-state index in [2.05, 4.69) is 6.58 Å². The predicted molar refractivity (Wildman–Crippen MR) is 46.1 cm³/mol. The Hall–Kier alpha value is -1.22. The maximum absolute atomic E-state index is 13.0. The summed E-state index contributed by atoms with van der Waals surface area (Å²) >= 11 is 0. The van der Waals surface area contributed by atoms with E-state index >= 15 is 0 Å². The lowest BCUT2D eigenvalue weighted by atomic mass is 10.1. The van der Waals surface area contributed by atoms with E-state index in [1.165, 1.54) is 12.1 Å². The molecule has 1 nitrogen and oxygen atoms in total. The summed E-state index contributed by atoms with van der Waals surface area (Å²) in [7, 11) is 0. The van der Waals surface area contributed by atoms with E-state index in [1.54, 1.807) is 0 Å². The van der Waals surface area contributed by atoms with Crippen LogP contribution in [-0.2, 0) is 0 Å². The molecule has 70 valence electrons. The Balaban J connectivity index is 3.04. The van der Waals surface area contributed by atoms with Crippen LogP contribution in [0.15, 0.2) is 30.9 Å². The van der Waals surface area contributed by atoms with E-state index in [0.717, 1.165) is 12.1 Å². The number of hydrogen-bond donors (Lipinski definition) is 1. The molecule has 0 bridgehead atoms. The van der Waals surface area contributed by atoms with Crippen LogP contribution in [0, 0.1) is 11.6 Å². The molecule has 0 unspecified atom stereocenters. The van der Waals surface area contributed by atoms with Gasteiger partial charge in [-0.15, -0.1) is 6.58 Å². The van der Waals surface area contributed by atoms with Crippen molar-refractivity contribution in [1.82, 2.24) is 0 Å². The van der Waals surface area contributed by atoms with Gasteiger partial charge >= 0.3 is 0 Å². The van der Waals surface area contributed by atoms with Gasteiger partial charge in [-0.05, 0) is 18.6 Å². The molecule has 0 spiro atoms. The fourth-order valence-electron chi connectivity index (χ4n) is 1.10. The highest BCUT2D eigenvalue weighted by Crippen LogP contribution is 2.22. The zero-order chi connectivity index (χ0) is 9.84. The predicted octanol–water partition coefficient (Wildman–Crippen LogP) is 2.57. The van der Waals surface area contributed by atoms with Crippen molar-refractivity contribution in [3.8, 4) is 0 Å². The topological polar surface area (TPSA) is 20.2 Å². The standard InChI is InChI=1S/C10H10F2O/c1-2-4-9(13)10-7(11)5-3-6-8(10)12/h2-3,5-6,9,13H,1,4H2/t9-/m1/s1. The summed E-state index contributed by atoms with van der Waals surface area (Å²) in [5, 5.41) is 9.33. The van der Waals surface area contributed by atoms with Crippen LogP contribution >= 0.6 is 0 Å². The van der Waals surface area contributed by atoms with Crippen molar-refractivity contribution in [3.63, 3.8) is 0 Å². The lowest BCUT2D eigenvalue weighted by molar-refractivity contribution is 0.171. The monoisotopic (exact) mass is 184 g/mol. The van der Waals surface area contributed by atoms with Crippen molar-refractivity contribution < 1.29 is 13.9 Å². The third-order valence-corrected chi connectivity index (χ3v) is 1.72. The lowest BCUT2D eigenvalue weighted by Crippen LogP contribution is -2.02. The lowest BCUT2D eigenvalue weighted by Gasteiger charge is -2.09. The minimum absolute atomic E-state index is 0.137. The molecule has 1 aromatic carbocycles. The summed E-state index contributed by atoms with van der Waals surface area (Å²) in [4.78, 5) is 0. The molecule has 13 heavy (non-hydrogen) atoms. The Bertz CT molecular complexity index is 290. The Morgan fingerprint density at radius 3 is 2.38 bits per heavy atom. The highest BCUT2D eigenvalue weighted by molar-refractivity contribution is 5.22. The van der Waals surface area contributed by atoms with E-state index in [9.17, 15) is 13.9 Å². The van der Waals surface area contributed by atoms with Crippen LogP contribution in [0.3, 0.4) is 0 Å². The summed E-state index contributed by atoms with van der Waals surface area (Å²) in [5.74, 6) is -1.45. The van der Waals surface area contributed by atoms with Gasteiger partial charge in [0, 0.05) is 0 Å². The van der Waals surface area contributed by atoms with Crippen molar-refractivity contribution in [2.24, 2.45) is 0 Å². The molecule has 0 aliphatic rings. The average molecular weight is 184 g/mol. The molecular weight excluding hydrogens is 174 g/mol. The van der Waals surface area contributed by atoms with Crippen molar-refractivity contribution in [2.45, 2.75) is 12.5 Å². The molecule has 0 aliphatic heterocycles. The van der Waals surface area contributed by atoms with Gasteiger partial charge in [0.05, 0.1) is 11.7 Å². The number of halogens is 2. The first-order valence-corrected chi connectivity index (χ1v) is 3.89. The number of benzene rings is 1. The van der Waals surface area contributed by atoms with Crippen LogP contribution in [-0.4, -0.2) is 5.11 Å². The molecule has 0 heterocycles. The van der Waals surface area contributed by atoms with E-state index in [0.29, 0.717) is 0 Å². The molecule has 3 heteroatoms. The fourth-order valence-corrected chi connectivity index (χ4v) is 1.10. The summed E-state index contributed by atoms with van der Waals surface area (Å²) < 4.78 is 26.0. The maximum Gasteiger partial charge on any atom is 0.131 e. The summed E-state index contributed by atoms with van der Waals surface area (Å²) in [6.45, 7) is 3.38. The van der Waals surface area contributed by atoms with E-state index in [1.807, 2.05) is 0 Å². The first-order chi connectivity index (χ1) is 6.16. The zero-order valence-corrected chi connectivity index (χ0v) is 7.00. The van der Waals surface area contributed by atoms with Crippen molar-refractivity contribution >= 4 is 0 Å². The summed E-state index contributed by atoms with van der Waals surface area (Å²) in [6, 6.07) is 3.49. The molecule has 0 aliphatic carbocycles. The van der Waals surface area contributed by atoms with Crippen LogP contribution in [0.1, 0.15) is 18.1 Å². The molecule has 0 aromatic heterocycles. The SMILES string of the molecule is C=CC[C@@H](O)c1c(F)cccc1F. The number of aliphatic hydroxyl groups excluding tert-OH is 1. The molecule has 0 saturated heterocycles. The highest BCUT2D eigenvalue weighted by atomic mass is 19.1. The van der Waals surface area contributed by atoms with Gasteiger partial charge in [-0.2, -0.15) is 0 Å². The van der Waals surface area contributed by atoms with Gasteiger partial charge in [0.25, 0.3) is 0 Å². The zero-order valence-electron chi connectivity index (χ0n) is 7.00. The Morgan fingerprint density at radius 1 is 1.38 bits per heavy atom. The van der Waals surface area contributed by atoms with Crippen molar-refractivity contribution in [3.05, 3.63) is 48.1 Å². The van der Waals surface area contributed by atoms with Gasteiger partial charge < -0.3 is 5.11 Å². The molecule has 1 rings (SSSR count).